The molecule has 1 amide bonds. The van der Waals surface area contributed by atoms with Gasteiger partial charge in [-0.3, -0.25) is 4.79 Å². The van der Waals surface area contributed by atoms with Crippen LogP contribution >= 0.6 is 0 Å². The van der Waals surface area contributed by atoms with E-state index in [0.29, 0.717) is 17.4 Å². The highest BCUT2D eigenvalue weighted by atomic mass is 16.2. The number of rotatable bonds is 1. The van der Waals surface area contributed by atoms with Crippen LogP contribution in [0.3, 0.4) is 0 Å². The molecule has 17 heavy (non-hydrogen) atoms. The number of nitrogens with zero attached hydrogens (tertiary/aromatic N) is 3. The van der Waals surface area contributed by atoms with Crippen molar-refractivity contribution in [1.82, 2.24) is 14.9 Å². The predicted octanol–water partition coefficient (Wildman–Crippen LogP) is 1.82. The lowest BCUT2D eigenvalue weighted by Gasteiger charge is -2.17. The van der Waals surface area contributed by atoms with Crippen molar-refractivity contribution >= 4 is 5.91 Å². The van der Waals surface area contributed by atoms with Gasteiger partial charge in [-0.25, -0.2) is 9.97 Å². The number of carbonyl (C=O) groups is 1. The van der Waals surface area contributed by atoms with Crippen molar-refractivity contribution in [1.29, 1.82) is 0 Å². The average molecular weight is 233 g/mol. The Bertz CT molecular complexity index is 414. The highest BCUT2D eigenvalue weighted by Crippen LogP contribution is 2.24. The molecule has 0 aliphatic carbocycles. The van der Waals surface area contributed by atoms with Gasteiger partial charge in [-0.15, -0.1) is 0 Å². The summed E-state index contributed by atoms with van der Waals surface area (Å²) in [5.74, 6) is 1.23. The van der Waals surface area contributed by atoms with Crippen molar-refractivity contribution in [2.75, 3.05) is 13.1 Å². The normalized spacial score (nSPS) is 24.1. The fourth-order valence-corrected chi connectivity index (χ4v) is 2.36. The van der Waals surface area contributed by atoms with Crippen LogP contribution in [0.4, 0.5) is 0 Å². The first-order valence-corrected chi connectivity index (χ1v) is 6.08. The predicted molar refractivity (Wildman–Crippen MR) is 65.7 cm³/mol. The molecular weight excluding hydrogens is 214 g/mol. The van der Waals surface area contributed by atoms with Crippen LogP contribution in [0.2, 0.25) is 0 Å². The summed E-state index contributed by atoms with van der Waals surface area (Å²) in [5, 5.41) is 0. The minimum atomic E-state index is 0.0804. The summed E-state index contributed by atoms with van der Waals surface area (Å²) < 4.78 is 0. The fraction of sp³-hybridized carbons (Fsp3) is 0.615. The number of aryl methyl sites for hydroxylation is 2. The lowest BCUT2D eigenvalue weighted by molar-refractivity contribution is 0.0782. The Labute approximate surface area is 102 Å². The smallest absolute Gasteiger partial charge is 0.257 e. The van der Waals surface area contributed by atoms with E-state index in [1.807, 2.05) is 18.7 Å². The standard InChI is InChI=1S/C13H19N3O/c1-8-5-16(6-9(8)2)13(17)12-10(3)14-7-15-11(12)4/h7-9H,5-6H2,1-4H3/t8-,9?/m0/s1. The highest BCUT2D eigenvalue weighted by Gasteiger charge is 2.31. The molecule has 4 nitrogen and oxygen atoms in total. The molecule has 0 saturated carbocycles. The first-order valence-electron chi connectivity index (χ1n) is 6.08. The average Bonchev–Trinajstić information content (AvgIpc) is 2.59. The molecule has 1 aromatic heterocycles. The summed E-state index contributed by atoms with van der Waals surface area (Å²) in [4.78, 5) is 22.6. The topological polar surface area (TPSA) is 46.1 Å². The van der Waals surface area contributed by atoms with E-state index < -0.39 is 0 Å². The molecular formula is C13H19N3O. The molecule has 4 heteroatoms. The molecule has 0 radical (unpaired) electrons. The van der Waals surface area contributed by atoms with E-state index >= 15 is 0 Å². The van der Waals surface area contributed by atoms with Crippen molar-refractivity contribution in [3.05, 3.63) is 23.3 Å². The SMILES string of the molecule is Cc1ncnc(C)c1C(=O)N1CC(C)[C@@H](C)C1. The molecule has 92 valence electrons. The molecule has 0 aromatic carbocycles. The van der Waals surface area contributed by atoms with Gasteiger partial charge < -0.3 is 4.90 Å². The van der Waals surface area contributed by atoms with Crippen LogP contribution in [0, 0.1) is 25.7 Å². The Morgan fingerprint density at radius 3 is 2.12 bits per heavy atom. The molecule has 0 bridgehead atoms. The maximum atomic E-state index is 12.4. The van der Waals surface area contributed by atoms with E-state index in [0.717, 1.165) is 24.5 Å². The number of hydrogen-bond acceptors (Lipinski definition) is 3. The number of aromatic nitrogens is 2. The summed E-state index contributed by atoms with van der Waals surface area (Å²) in [6, 6.07) is 0. The zero-order valence-electron chi connectivity index (χ0n) is 10.9. The molecule has 0 spiro atoms. The summed E-state index contributed by atoms with van der Waals surface area (Å²) in [7, 11) is 0. The maximum Gasteiger partial charge on any atom is 0.257 e. The zero-order valence-corrected chi connectivity index (χ0v) is 10.9. The van der Waals surface area contributed by atoms with Crippen LogP contribution in [0.15, 0.2) is 6.33 Å². The Kier molecular flexibility index (Phi) is 3.13. The molecule has 1 unspecified atom stereocenters. The number of likely N-dealkylation sites (tertiary alicyclic amines) is 1. The Balaban J connectivity index is 2.27. The molecule has 1 saturated heterocycles. The van der Waals surface area contributed by atoms with E-state index in [2.05, 4.69) is 23.8 Å². The Morgan fingerprint density at radius 2 is 1.65 bits per heavy atom. The van der Waals surface area contributed by atoms with Gasteiger partial charge in [-0.2, -0.15) is 0 Å². The molecule has 0 N–H and O–H groups in total. The first kappa shape index (κ1) is 12.0. The van der Waals surface area contributed by atoms with Crippen molar-refractivity contribution in [2.45, 2.75) is 27.7 Å². The summed E-state index contributed by atoms with van der Waals surface area (Å²) >= 11 is 0. The molecule has 2 rings (SSSR count). The second-order valence-corrected chi connectivity index (χ2v) is 5.08. The lowest BCUT2D eigenvalue weighted by Crippen LogP contribution is -2.30. The molecule has 2 atom stereocenters. The van der Waals surface area contributed by atoms with Crippen molar-refractivity contribution in [3.8, 4) is 0 Å². The summed E-state index contributed by atoms with van der Waals surface area (Å²) in [6.45, 7) is 9.80. The van der Waals surface area contributed by atoms with Crippen LogP contribution < -0.4 is 0 Å². The monoisotopic (exact) mass is 233 g/mol. The van der Waals surface area contributed by atoms with Crippen molar-refractivity contribution in [2.24, 2.45) is 11.8 Å². The third kappa shape index (κ3) is 2.16. The van der Waals surface area contributed by atoms with E-state index in [1.54, 1.807) is 0 Å². The highest BCUT2D eigenvalue weighted by molar-refractivity contribution is 5.96. The van der Waals surface area contributed by atoms with Gasteiger partial charge in [0.15, 0.2) is 0 Å². The van der Waals surface area contributed by atoms with Crippen LogP contribution in [0.5, 0.6) is 0 Å². The summed E-state index contributed by atoms with van der Waals surface area (Å²) in [6.07, 6.45) is 1.51. The van der Waals surface area contributed by atoms with Gasteiger partial charge in [0.05, 0.1) is 17.0 Å². The van der Waals surface area contributed by atoms with Gasteiger partial charge in [0.2, 0.25) is 0 Å². The Morgan fingerprint density at radius 1 is 1.18 bits per heavy atom. The number of carbonyl (C=O) groups excluding carboxylic acids is 1. The molecule has 2 heterocycles. The zero-order chi connectivity index (χ0) is 12.6. The van der Waals surface area contributed by atoms with E-state index in [-0.39, 0.29) is 5.91 Å². The van der Waals surface area contributed by atoms with Gasteiger partial charge >= 0.3 is 0 Å². The molecule has 1 aromatic rings. The van der Waals surface area contributed by atoms with Gasteiger partial charge in [-0.05, 0) is 25.7 Å². The van der Waals surface area contributed by atoms with Gasteiger partial charge in [0, 0.05) is 13.1 Å². The Hall–Kier alpha value is -1.45. The molecule has 1 fully saturated rings. The van der Waals surface area contributed by atoms with E-state index in [9.17, 15) is 4.79 Å². The van der Waals surface area contributed by atoms with E-state index in [4.69, 9.17) is 0 Å². The second kappa shape index (κ2) is 4.43. The maximum absolute atomic E-state index is 12.4. The molecule has 1 aliphatic rings. The third-order valence-corrected chi connectivity index (χ3v) is 3.72. The van der Waals surface area contributed by atoms with Crippen molar-refractivity contribution in [3.63, 3.8) is 0 Å². The van der Waals surface area contributed by atoms with Gasteiger partial charge in [0.1, 0.15) is 6.33 Å². The minimum Gasteiger partial charge on any atom is -0.338 e. The van der Waals surface area contributed by atoms with Crippen LogP contribution in [0.1, 0.15) is 35.6 Å². The first-order chi connectivity index (χ1) is 8.00. The summed E-state index contributed by atoms with van der Waals surface area (Å²) in [5.41, 5.74) is 2.22. The second-order valence-electron chi connectivity index (χ2n) is 5.08. The molecule has 1 aliphatic heterocycles. The van der Waals surface area contributed by atoms with Crippen LogP contribution in [0.25, 0.3) is 0 Å². The van der Waals surface area contributed by atoms with Crippen LogP contribution in [-0.4, -0.2) is 33.9 Å². The third-order valence-electron chi connectivity index (χ3n) is 3.72. The van der Waals surface area contributed by atoms with E-state index in [1.165, 1.54) is 6.33 Å². The largest absolute Gasteiger partial charge is 0.338 e. The minimum absolute atomic E-state index is 0.0804. The fourth-order valence-electron chi connectivity index (χ4n) is 2.36. The number of amides is 1. The lowest BCUT2D eigenvalue weighted by atomic mass is 10.0. The van der Waals surface area contributed by atoms with Crippen molar-refractivity contribution < 1.29 is 4.79 Å². The number of hydrogen-bond donors (Lipinski definition) is 0. The van der Waals surface area contributed by atoms with Crippen LogP contribution in [-0.2, 0) is 0 Å². The quantitative estimate of drug-likeness (QED) is 0.743. The van der Waals surface area contributed by atoms with Gasteiger partial charge in [-0.1, -0.05) is 13.8 Å². The van der Waals surface area contributed by atoms with Gasteiger partial charge in [0.25, 0.3) is 5.91 Å².